The lowest BCUT2D eigenvalue weighted by molar-refractivity contribution is 0.0932. The number of hydrogen-bond acceptors (Lipinski definition) is 5. The molecule has 0 amide bonds. The monoisotopic (exact) mass is 272 g/mol. The van der Waals surface area contributed by atoms with E-state index in [1.54, 1.807) is 0 Å². The van der Waals surface area contributed by atoms with Crippen LogP contribution in [0.2, 0.25) is 0 Å². The molecule has 1 aromatic carbocycles. The SMILES string of the molecule is Nc1cccc2oc(CN3CCN4CCCC4C3)nc12. The molecule has 5 nitrogen and oxygen atoms in total. The van der Waals surface area contributed by atoms with Crippen LogP contribution in [-0.4, -0.2) is 47.0 Å². The number of nitrogens with two attached hydrogens (primary N) is 1. The summed E-state index contributed by atoms with van der Waals surface area (Å²) >= 11 is 0. The van der Waals surface area contributed by atoms with E-state index in [1.807, 2.05) is 18.2 Å². The minimum atomic E-state index is 0.693. The highest BCUT2D eigenvalue weighted by molar-refractivity contribution is 5.85. The minimum Gasteiger partial charge on any atom is -0.439 e. The van der Waals surface area contributed by atoms with Crippen molar-refractivity contribution >= 4 is 16.8 Å². The van der Waals surface area contributed by atoms with E-state index in [1.165, 1.54) is 25.9 Å². The Hall–Kier alpha value is -1.59. The topological polar surface area (TPSA) is 58.5 Å². The maximum Gasteiger partial charge on any atom is 0.209 e. The number of fused-ring (bicyclic) bond motifs is 2. The van der Waals surface area contributed by atoms with Gasteiger partial charge < -0.3 is 10.2 Å². The van der Waals surface area contributed by atoms with Crippen molar-refractivity contribution < 1.29 is 4.42 Å². The summed E-state index contributed by atoms with van der Waals surface area (Å²) in [6, 6.07) is 6.44. The van der Waals surface area contributed by atoms with Crippen LogP contribution >= 0.6 is 0 Å². The van der Waals surface area contributed by atoms with Gasteiger partial charge in [-0.25, -0.2) is 4.98 Å². The second kappa shape index (κ2) is 4.75. The second-order valence-corrected chi connectivity index (χ2v) is 5.87. The molecule has 1 unspecified atom stereocenters. The van der Waals surface area contributed by atoms with Crippen LogP contribution in [0.25, 0.3) is 11.1 Å². The molecule has 0 radical (unpaired) electrons. The van der Waals surface area contributed by atoms with Crippen molar-refractivity contribution in [3.8, 4) is 0 Å². The molecule has 0 aliphatic carbocycles. The summed E-state index contributed by atoms with van der Waals surface area (Å²) in [6.07, 6.45) is 2.68. The Balaban J connectivity index is 1.51. The van der Waals surface area contributed by atoms with Crippen LogP contribution in [-0.2, 0) is 6.54 Å². The molecule has 1 aromatic heterocycles. The van der Waals surface area contributed by atoms with Crippen LogP contribution in [0.5, 0.6) is 0 Å². The molecule has 20 heavy (non-hydrogen) atoms. The maximum atomic E-state index is 5.93. The van der Waals surface area contributed by atoms with Crippen LogP contribution < -0.4 is 5.73 Å². The highest BCUT2D eigenvalue weighted by Crippen LogP contribution is 2.25. The van der Waals surface area contributed by atoms with E-state index < -0.39 is 0 Å². The molecule has 1 atom stereocenters. The van der Waals surface area contributed by atoms with Crippen molar-refractivity contribution in [3.63, 3.8) is 0 Å². The number of piperazine rings is 1. The number of aromatic nitrogens is 1. The van der Waals surface area contributed by atoms with Gasteiger partial charge in [0.05, 0.1) is 12.2 Å². The largest absolute Gasteiger partial charge is 0.439 e. The van der Waals surface area contributed by atoms with Crippen molar-refractivity contribution in [2.45, 2.75) is 25.4 Å². The van der Waals surface area contributed by atoms with Crippen LogP contribution in [0.15, 0.2) is 22.6 Å². The van der Waals surface area contributed by atoms with Gasteiger partial charge in [-0.2, -0.15) is 0 Å². The predicted octanol–water partition coefficient (Wildman–Crippen LogP) is 1.69. The van der Waals surface area contributed by atoms with Gasteiger partial charge in [-0.15, -0.1) is 0 Å². The maximum absolute atomic E-state index is 5.93. The quantitative estimate of drug-likeness (QED) is 0.843. The van der Waals surface area contributed by atoms with Crippen molar-refractivity contribution in [1.82, 2.24) is 14.8 Å². The van der Waals surface area contributed by atoms with Crippen molar-refractivity contribution in [3.05, 3.63) is 24.1 Å². The molecule has 2 aromatic rings. The fourth-order valence-electron chi connectivity index (χ4n) is 3.47. The molecule has 0 spiro atoms. The molecule has 2 aliphatic rings. The van der Waals surface area contributed by atoms with Gasteiger partial charge in [0.2, 0.25) is 5.89 Å². The van der Waals surface area contributed by atoms with E-state index >= 15 is 0 Å². The third-order valence-electron chi connectivity index (χ3n) is 4.52. The first-order valence-electron chi connectivity index (χ1n) is 7.40. The molecule has 106 valence electrons. The summed E-state index contributed by atoms with van der Waals surface area (Å²) in [5.41, 5.74) is 8.21. The summed E-state index contributed by atoms with van der Waals surface area (Å²) in [4.78, 5) is 9.61. The van der Waals surface area contributed by atoms with Gasteiger partial charge in [0.1, 0.15) is 5.52 Å². The smallest absolute Gasteiger partial charge is 0.209 e. The molecule has 3 heterocycles. The Morgan fingerprint density at radius 2 is 2.25 bits per heavy atom. The lowest BCUT2D eigenvalue weighted by Gasteiger charge is -2.36. The molecule has 2 fully saturated rings. The van der Waals surface area contributed by atoms with Gasteiger partial charge in [0, 0.05) is 25.7 Å². The highest BCUT2D eigenvalue weighted by atomic mass is 16.3. The highest BCUT2D eigenvalue weighted by Gasteiger charge is 2.30. The van der Waals surface area contributed by atoms with Gasteiger partial charge >= 0.3 is 0 Å². The Morgan fingerprint density at radius 1 is 1.30 bits per heavy atom. The fourth-order valence-corrected chi connectivity index (χ4v) is 3.47. The third-order valence-corrected chi connectivity index (χ3v) is 4.52. The Labute approximate surface area is 118 Å². The summed E-state index contributed by atoms with van der Waals surface area (Å²) in [6.45, 7) is 5.47. The first kappa shape index (κ1) is 12.2. The predicted molar refractivity (Wildman–Crippen MR) is 78.3 cm³/mol. The van der Waals surface area contributed by atoms with E-state index in [4.69, 9.17) is 10.2 Å². The van der Waals surface area contributed by atoms with Gasteiger partial charge in [0.25, 0.3) is 0 Å². The molecular formula is C15H20N4O. The standard InChI is InChI=1S/C15H20N4O/c16-12-4-1-5-13-15(12)17-14(20-13)10-18-7-8-19-6-2-3-11(19)9-18/h1,4-5,11H,2-3,6-10,16H2. The summed E-state index contributed by atoms with van der Waals surface area (Å²) < 4.78 is 5.82. The zero-order chi connectivity index (χ0) is 13.5. The lowest BCUT2D eigenvalue weighted by atomic mass is 10.1. The lowest BCUT2D eigenvalue weighted by Crippen LogP contribution is -2.49. The first-order valence-corrected chi connectivity index (χ1v) is 7.40. The number of hydrogen-bond donors (Lipinski definition) is 1. The molecule has 2 N–H and O–H groups in total. The average Bonchev–Trinajstić information content (AvgIpc) is 3.05. The van der Waals surface area contributed by atoms with E-state index in [0.29, 0.717) is 5.69 Å². The van der Waals surface area contributed by atoms with E-state index in [-0.39, 0.29) is 0 Å². The first-order chi connectivity index (χ1) is 9.79. The van der Waals surface area contributed by atoms with Gasteiger partial charge in [-0.1, -0.05) is 6.07 Å². The van der Waals surface area contributed by atoms with E-state index in [2.05, 4.69) is 14.8 Å². The van der Waals surface area contributed by atoms with Crippen molar-refractivity contribution in [1.29, 1.82) is 0 Å². The summed E-state index contributed by atoms with van der Waals surface area (Å²) in [5, 5.41) is 0. The minimum absolute atomic E-state index is 0.693. The molecule has 2 aliphatic heterocycles. The number of benzene rings is 1. The zero-order valence-corrected chi connectivity index (χ0v) is 11.6. The zero-order valence-electron chi connectivity index (χ0n) is 11.6. The molecule has 5 heteroatoms. The van der Waals surface area contributed by atoms with Crippen LogP contribution in [0.3, 0.4) is 0 Å². The normalized spacial score (nSPS) is 24.3. The number of nitrogen functional groups attached to an aromatic ring is 1. The Morgan fingerprint density at radius 3 is 3.15 bits per heavy atom. The molecule has 2 saturated heterocycles. The average molecular weight is 272 g/mol. The van der Waals surface area contributed by atoms with Crippen molar-refractivity contribution in [2.24, 2.45) is 0 Å². The Kier molecular flexibility index (Phi) is 2.89. The number of rotatable bonds is 2. The molecule has 0 bridgehead atoms. The molecule has 4 rings (SSSR count). The Bertz CT molecular complexity index is 623. The van der Waals surface area contributed by atoms with Crippen LogP contribution in [0.1, 0.15) is 18.7 Å². The third kappa shape index (κ3) is 2.07. The van der Waals surface area contributed by atoms with Gasteiger partial charge in [0.15, 0.2) is 5.58 Å². The number of anilines is 1. The summed E-state index contributed by atoms with van der Waals surface area (Å²) in [7, 11) is 0. The van der Waals surface area contributed by atoms with Crippen LogP contribution in [0, 0.1) is 0 Å². The summed E-state index contributed by atoms with van der Waals surface area (Å²) in [5.74, 6) is 0.782. The molecular weight excluding hydrogens is 252 g/mol. The number of para-hydroxylation sites is 1. The molecule has 0 saturated carbocycles. The number of nitrogens with zero attached hydrogens (tertiary/aromatic N) is 3. The fraction of sp³-hybridized carbons (Fsp3) is 0.533. The van der Waals surface area contributed by atoms with Crippen LogP contribution in [0.4, 0.5) is 5.69 Å². The van der Waals surface area contributed by atoms with E-state index in [9.17, 15) is 0 Å². The number of oxazole rings is 1. The van der Waals surface area contributed by atoms with Gasteiger partial charge in [-0.3, -0.25) is 9.80 Å². The van der Waals surface area contributed by atoms with E-state index in [0.717, 1.165) is 42.7 Å². The van der Waals surface area contributed by atoms with Gasteiger partial charge in [-0.05, 0) is 31.5 Å². The van der Waals surface area contributed by atoms with Crippen molar-refractivity contribution in [2.75, 3.05) is 31.9 Å². The second-order valence-electron chi connectivity index (χ2n) is 5.87.